The van der Waals surface area contributed by atoms with Crippen LogP contribution in [0, 0.1) is 0 Å². The van der Waals surface area contributed by atoms with Gasteiger partial charge in [0.15, 0.2) is 12.6 Å². The molecule has 0 aromatic heterocycles. The van der Waals surface area contributed by atoms with Gasteiger partial charge in [-0.25, -0.2) is 13.6 Å². The van der Waals surface area contributed by atoms with Crippen LogP contribution in [0.2, 0.25) is 19.6 Å². The van der Waals surface area contributed by atoms with Crippen LogP contribution in [-0.2, 0) is 23.7 Å². The van der Waals surface area contributed by atoms with Crippen molar-refractivity contribution in [3.8, 4) is 0 Å². The fraction of sp³-hybridized carbons (Fsp3) is 0.645. The normalized spacial score (nSPS) is 22.2. The summed E-state index contributed by atoms with van der Waals surface area (Å²) in [6, 6.07) is -0.526. The Balaban J connectivity index is 2.14. The van der Waals surface area contributed by atoms with Crippen molar-refractivity contribution >= 4 is 37.1 Å². The lowest BCUT2D eigenvalue weighted by Crippen LogP contribution is -2.45. The van der Waals surface area contributed by atoms with E-state index in [1.165, 1.54) is 25.1 Å². The number of methoxy groups -OCH3 is 1. The van der Waals surface area contributed by atoms with Gasteiger partial charge in [-0.1, -0.05) is 38.7 Å². The summed E-state index contributed by atoms with van der Waals surface area (Å²) >= 11 is 0. The van der Waals surface area contributed by atoms with Crippen molar-refractivity contribution in [2.75, 3.05) is 25.6 Å². The van der Waals surface area contributed by atoms with Gasteiger partial charge >= 0.3 is 12.1 Å². The van der Waals surface area contributed by atoms with Crippen molar-refractivity contribution in [3.05, 3.63) is 34.9 Å². The van der Waals surface area contributed by atoms with Crippen LogP contribution < -0.4 is 10.5 Å². The van der Waals surface area contributed by atoms with Crippen LogP contribution in [-0.4, -0.2) is 71.9 Å². The average molecular weight is 650 g/mol. The molecule has 4 unspecified atom stereocenters. The monoisotopic (exact) mass is 649 g/mol. The molecule has 2 saturated heterocycles. The number of anilines is 1. The van der Waals surface area contributed by atoms with E-state index >= 15 is 4.39 Å². The van der Waals surface area contributed by atoms with E-state index in [0.29, 0.717) is 31.2 Å². The number of benzene rings is 1. The lowest BCUT2D eigenvalue weighted by molar-refractivity contribution is -0.204. The summed E-state index contributed by atoms with van der Waals surface area (Å²) in [5.41, 5.74) is 0.297. The molecule has 0 amide bonds. The first-order valence-corrected chi connectivity index (χ1v) is 18.6. The number of esters is 1. The van der Waals surface area contributed by atoms with E-state index in [-0.39, 0.29) is 28.8 Å². The van der Waals surface area contributed by atoms with E-state index in [4.69, 9.17) is 23.7 Å². The third kappa shape index (κ3) is 10.4. The van der Waals surface area contributed by atoms with Crippen molar-refractivity contribution in [3.63, 3.8) is 0 Å². The molecule has 3 rings (SSSR count). The smallest absolute Gasteiger partial charge is 0.408 e. The van der Waals surface area contributed by atoms with E-state index in [1.807, 2.05) is 19.6 Å². The van der Waals surface area contributed by atoms with Gasteiger partial charge in [0.2, 0.25) is 12.7 Å². The highest BCUT2D eigenvalue weighted by molar-refractivity contribution is 6.90. The second-order valence-electron chi connectivity index (χ2n) is 11.9. The van der Waals surface area contributed by atoms with Crippen molar-refractivity contribution in [1.82, 2.24) is 0 Å². The lowest BCUT2D eigenvalue weighted by atomic mass is 9.97. The summed E-state index contributed by atoms with van der Waals surface area (Å²) in [7, 11) is -1.42. The molecule has 1 N–H and O–H groups in total. The molecular formula is C31H44F5NO6Si. The van der Waals surface area contributed by atoms with Crippen molar-refractivity contribution in [2.45, 2.75) is 109 Å². The number of carbonyl (C=O) groups is 1. The minimum atomic E-state index is -4.58. The standard InChI is InChI=1S/C31H44F5NO6Si/c1-6-23(31(34,35)36)37-22-19-20(13-15-24(32)42-26-11-7-9-17-40-26)28(30(38)39-2)21(29(22)44(3,4)5)14-16-25(33)43-27-12-8-10-18-41-27/h13-16,19,23-27,37H,6-12,17-18H2,1-5H3/b15-13+,16-14+/t23-,24?,25?,26?,27?/m1/s1. The van der Waals surface area contributed by atoms with Gasteiger partial charge in [0.1, 0.15) is 6.04 Å². The molecule has 0 aliphatic carbocycles. The molecule has 7 nitrogen and oxygen atoms in total. The van der Waals surface area contributed by atoms with Gasteiger partial charge in [-0.15, -0.1) is 0 Å². The van der Waals surface area contributed by atoms with Crippen LogP contribution in [0.25, 0.3) is 12.2 Å². The van der Waals surface area contributed by atoms with E-state index < -0.39 is 51.6 Å². The van der Waals surface area contributed by atoms with Gasteiger partial charge in [-0.2, -0.15) is 13.2 Å². The zero-order valence-electron chi connectivity index (χ0n) is 26.0. The van der Waals surface area contributed by atoms with Crippen LogP contribution >= 0.6 is 0 Å². The average Bonchev–Trinajstić information content (AvgIpc) is 2.96. The number of hydrogen-bond donors (Lipinski definition) is 1. The van der Waals surface area contributed by atoms with Crippen LogP contribution in [0.3, 0.4) is 0 Å². The molecule has 2 aliphatic heterocycles. The summed E-state index contributed by atoms with van der Waals surface area (Å²) in [4.78, 5) is 13.2. The van der Waals surface area contributed by atoms with Gasteiger partial charge in [0.25, 0.3) is 0 Å². The molecule has 2 heterocycles. The lowest BCUT2D eigenvalue weighted by Gasteiger charge is -2.30. The van der Waals surface area contributed by atoms with E-state index in [9.17, 15) is 22.4 Å². The fourth-order valence-corrected chi connectivity index (χ4v) is 7.22. The SMILES string of the molecule is CC[C@@H](Nc1cc(/C=C/C(F)OC2CCCCO2)c(C(=O)OC)c(/C=C/C(F)OC2CCCCO2)c1[Si](C)(C)C)C(F)(F)F. The van der Waals surface area contributed by atoms with E-state index in [2.05, 4.69) is 5.32 Å². The summed E-state index contributed by atoms with van der Waals surface area (Å²) in [5.74, 6) is -0.822. The highest BCUT2D eigenvalue weighted by Gasteiger charge is 2.40. The highest BCUT2D eigenvalue weighted by atomic mass is 28.3. The van der Waals surface area contributed by atoms with Crippen LogP contribution in [0.4, 0.5) is 27.6 Å². The largest absolute Gasteiger partial charge is 0.465 e. The second-order valence-corrected chi connectivity index (χ2v) is 16.9. The maximum absolute atomic E-state index is 15.1. The Morgan fingerprint density at radius 3 is 1.98 bits per heavy atom. The maximum Gasteiger partial charge on any atom is 0.408 e. The van der Waals surface area contributed by atoms with E-state index in [1.54, 1.807) is 0 Å². The molecule has 248 valence electrons. The first kappa shape index (κ1) is 36.1. The fourth-order valence-electron chi connectivity index (χ4n) is 5.25. The number of ether oxygens (including phenoxy) is 5. The molecule has 0 spiro atoms. The Bertz CT molecular complexity index is 1140. The highest BCUT2D eigenvalue weighted by Crippen LogP contribution is 2.31. The third-order valence-electron chi connectivity index (χ3n) is 7.35. The van der Waals surface area contributed by atoms with Crippen molar-refractivity contribution in [1.29, 1.82) is 0 Å². The molecule has 0 radical (unpaired) electrons. The predicted molar refractivity (Wildman–Crippen MR) is 162 cm³/mol. The Morgan fingerprint density at radius 2 is 1.55 bits per heavy atom. The maximum atomic E-state index is 15.1. The van der Waals surface area contributed by atoms with Crippen molar-refractivity contribution in [2.24, 2.45) is 0 Å². The first-order valence-electron chi connectivity index (χ1n) is 15.1. The van der Waals surface area contributed by atoms with Gasteiger partial charge in [-0.05, 0) is 79.5 Å². The van der Waals surface area contributed by atoms with E-state index in [0.717, 1.165) is 44.9 Å². The predicted octanol–water partition coefficient (Wildman–Crippen LogP) is 7.48. The number of alkyl halides is 5. The molecule has 2 aliphatic rings. The summed E-state index contributed by atoms with van der Waals surface area (Å²) in [6.45, 7) is 7.97. The third-order valence-corrected chi connectivity index (χ3v) is 9.39. The van der Waals surface area contributed by atoms with Crippen LogP contribution in [0.5, 0.6) is 0 Å². The van der Waals surface area contributed by atoms with Gasteiger partial charge in [0.05, 0.1) is 20.7 Å². The molecule has 13 heteroatoms. The molecule has 44 heavy (non-hydrogen) atoms. The second kappa shape index (κ2) is 16.3. The van der Waals surface area contributed by atoms with Crippen LogP contribution in [0.1, 0.15) is 73.4 Å². The molecule has 0 bridgehead atoms. The molecule has 5 atom stereocenters. The Hall–Kier alpha value is -2.32. The zero-order valence-corrected chi connectivity index (χ0v) is 27.0. The summed E-state index contributed by atoms with van der Waals surface area (Å²) in [5, 5.41) is 3.06. The Kier molecular flexibility index (Phi) is 13.4. The number of halogens is 5. The molecule has 0 saturated carbocycles. The van der Waals surface area contributed by atoms with Crippen molar-refractivity contribution < 1.29 is 50.4 Å². The molecule has 1 aromatic carbocycles. The number of rotatable bonds is 13. The molecule has 2 fully saturated rings. The topological polar surface area (TPSA) is 75.3 Å². The number of carbonyl (C=O) groups excluding carboxylic acids is 1. The van der Waals surface area contributed by atoms with Gasteiger partial charge in [-0.3, -0.25) is 0 Å². The minimum Gasteiger partial charge on any atom is -0.465 e. The Morgan fingerprint density at radius 1 is 1.00 bits per heavy atom. The molecular weight excluding hydrogens is 605 g/mol. The molecule has 1 aromatic rings. The van der Waals surface area contributed by atoms with Crippen LogP contribution in [0.15, 0.2) is 18.2 Å². The summed E-state index contributed by atoms with van der Waals surface area (Å²) in [6.07, 6.45) is -1.08. The summed E-state index contributed by atoms with van der Waals surface area (Å²) < 4.78 is 98.4. The minimum absolute atomic E-state index is 0.0507. The zero-order chi connectivity index (χ0) is 32.5. The van der Waals surface area contributed by atoms with Gasteiger partial charge < -0.3 is 29.0 Å². The quantitative estimate of drug-likeness (QED) is 0.135. The van der Waals surface area contributed by atoms with Gasteiger partial charge in [0, 0.05) is 18.9 Å². The Labute approximate surface area is 257 Å². The number of hydrogen-bond acceptors (Lipinski definition) is 7. The number of nitrogens with one attached hydrogen (secondary N) is 1. The first-order chi connectivity index (χ1) is 20.7.